The zero-order valence-electron chi connectivity index (χ0n) is 8.42. The highest BCUT2D eigenvalue weighted by molar-refractivity contribution is 5.56. The molecule has 0 amide bonds. The number of hydrogen-bond donors (Lipinski definition) is 1. The van der Waals surface area contributed by atoms with Gasteiger partial charge in [0.05, 0.1) is 6.61 Å². The highest BCUT2D eigenvalue weighted by Gasteiger charge is 1.95. The average molecular weight is 188 g/mol. The zero-order valence-corrected chi connectivity index (χ0v) is 8.42. The number of unbranched alkanes of at least 4 members (excludes halogenated alkanes) is 6. The van der Waals surface area contributed by atoms with Crippen molar-refractivity contribution >= 4 is 6.16 Å². The number of carboxylic acid groups (broad SMARTS) is 1. The van der Waals surface area contributed by atoms with E-state index >= 15 is 0 Å². The fourth-order valence-corrected chi connectivity index (χ4v) is 1.22. The summed E-state index contributed by atoms with van der Waals surface area (Å²) in [5.74, 6) is 0. The smallest absolute Gasteiger partial charge is 0.450 e. The van der Waals surface area contributed by atoms with Crippen LogP contribution in [-0.2, 0) is 4.74 Å². The number of ether oxygens (including phenoxy) is 1. The predicted molar refractivity (Wildman–Crippen MR) is 52.0 cm³/mol. The van der Waals surface area contributed by atoms with Gasteiger partial charge in [0.2, 0.25) is 0 Å². The van der Waals surface area contributed by atoms with Crippen molar-refractivity contribution in [2.75, 3.05) is 6.61 Å². The number of rotatable bonds is 8. The lowest BCUT2D eigenvalue weighted by molar-refractivity contribution is 0.0899. The van der Waals surface area contributed by atoms with Crippen LogP contribution in [0.4, 0.5) is 4.79 Å². The lowest BCUT2D eigenvalue weighted by atomic mass is 10.1. The summed E-state index contributed by atoms with van der Waals surface area (Å²) < 4.78 is 4.39. The zero-order chi connectivity index (χ0) is 9.94. The Morgan fingerprint density at radius 1 is 1.08 bits per heavy atom. The maximum absolute atomic E-state index is 9.95. The highest BCUT2D eigenvalue weighted by atomic mass is 16.7. The molecular weight excluding hydrogens is 168 g/mol. The van der Waals surface area contributed by atoms with Crippen LogP contribution in [0.15, 0.2) is 0 Å². The fourth-order valence-electron chi connectivity index (χ4n) is 1.22. The van der Waals surface area contributed by atoms with E-state index < -0.39 is 6.16 Å². The predicted octanol–water partition coefficient (Wildman–Crippen LogP) is 3.43. The van der Waals surface area contributed by atoms with Gasteiger partial charge in [-0.25, -0.2) is 4.79 Å². The van der Waals surface area contributed by atoms with Crippen molar-refractivity contribution in [2.24, 2.45) is 0 Å². The maximum Gasteiger partial charge on any atom is 0.505 e. The Hall–Kier alpha value is -0.730. The van der Waals surface area contributed by atoms with Gasteiger partial charge in [0.1, 0.15) is 0 Å². The minimum atomic E-state index is -1.16. The van der Waals surface area contributed by atoms with Crippen LogP contribution in [0.5, 0.6) is 0 Å². The maximum atomic E-state index is 9.95. The van der Waals surface area contributed by atoms with Crippen LogP contribution in [0.2, 0.25) is 0 Å². The van der Waals surface area contributed by atoms with E-state index in [9.17, 15) is 4.79 Å². The van der Waals surface area contributed by atoms with Crippen LogP contribution in [-0.4, -0.2) is 17.9 Å². The molecule has 0 spiro atoms. The molecule has 0 aliphatic carbocycles. The molecule has 0 aliphatic heterocycles. The number of carbonyl (C=O) groups is 1. The third-order valence-corrected chi connectivity index (χ3v) is 1.97. The molecule has 0 bridgehead atoms. The molecule has 13 heavy (non-hydrogen) atoms. The molecule has 0 saturated heterocycles. The van der Waals surface area contributed by atoms with Crippen LogP contribution in [0.25, 0.3) is 0 Å². The molecule has 0 rings (SSSR count). The molecule has 78 valence electrons. The quantitative estimate of drug-likeness (QED) is 0.469. The molecule has 0 aromatic rings. The van der Waals surface area contributed by atoms with Crippen LogP contribution in [0, 0.1) is 0 Å². The van der Waals surface area contributed by atoms with Crippen molar-refractivity contribution in [1.82, 2.24) is 0 Å². The van der Waals surface area contributed by atoms with Crippen molar-refractivity contribution in [1.29, 1.82) is 0 Å². The van der Waals surface area contributed by atoms with Gasteiger partial charge in [-0.05, 0) is 6.42 Å². The van der Waals surface area contributed by atoms with Gasteiger partial charge in [0.25, 0.3) is 0 Å². The van der Waals surface area contributed by atoms with Gasteiger partial charge >= 0.3 is 6.16 Å². The molecule has 3 heteroatoms. The molecule has 3 nitrogen and oxygen atoms in total. The molecule has 0 atom stereocenters. The van der Waals surface area contributed by atoms with E-state index in [0.717, 1.165) is 12.8 Å². The highest BCUT2D eigenvalue weighted by Crippen LogP contribution is 2.06. The summed E-state index contributed by atoms with van der Waals surface area (Å²) in [5, 5.41) is 8.16. The fraction of sp³-hybridized carbons (Fsp3) is 0.900. The minimum Gasteiger partial charge on any atom is -0.450 e. The molecule has 0 unspecified atom stereocenters. The minimum absolute atomic E-state index is 0.350. The summed E-state index contributed by atoms with van der Waals surface area (Å²) in [6.45, 7) is 2.55. The van der Waals surface area contributed by atoms with Gasteiger partial charge in [-0.3, -0.25) is 0 Å². The Kier molecular flexibility index (Phi) is 8.83. The molecule has 0 fully saturated rings. The molecule has 0 saturated carbocycles. The van der Waals surface area contributed by atoms with Crippen molar-refractivity contribution in [3.63, 3.8) is 0 Å². The summed E-state index contributed by atoms with van der Waals surface area (Å²) in [6.07, 6.45) is 7.12. The van der Waals surface area contributed by atoms with Crippen LogP contribution >= 0.6 is 0 Å². The van der Waals surface area contributed by atoms with Gasteiger partial charge < -0.3 is 9.84 Å². The first kappa shape index (κ1) is 12.3. The first-order chi connectivity index (χ1) is 6.27. The van der Waals surface area contributed by atoms with Gasteiger partial charge in [-0.2, -0.15) is 0 Å². The summed E-state index contributed by atoms with van der Waals surface area (Å²) in [7, 11) is 0. The topological polar surface area (TPSA) is 46.5 Å². The molecule has 0 aromatic heterocycles. The molecule has 0 heterocycles. The van der Waals surface area contributed by atoms with Crippen molar-refractivity contribution in [3.8, 4) is 0 Å². The average Bonchev–Trinajstić information content (AvgIpc) is 2.09. The van der Waals surface area contributed by atoms with Crippen LogP contribution < -0.4 is 0 Å². The summed E-state index contributed by atoms with van der Waals surface area (Å²) in [6, 6.07) is 0. The Balaban J connectivity index is 2.87. The molecular formula is C10H20O3. The van der Waals surface area contributed by atoms with Gasteiger partial charge in [0.15, 0.2) is 0 Å². The Morgan fingerprint density at radius 2 is 1.62 bits per heavy atom. The monoisotopic (exact) mass is 188 g/mol. The van der Waals surface area contributed by atoms with E-state index in [-0.39, 0.29) is 0 Å². The summed E-state index contributed by atoms with van der Waals surface area (Å²) in [4.78, 5) is 9.95. The van der Waals surface area contributed by atoms with E-state index in [1.807, 2.05) is 0 Å². The second kappa shape index (κ2) is 9.36. The van der Waals surface area contributed by atoms with Gasteiger partial charge in [0, 0.05) is 0 Å². The van der Waals surface area contributed by atoms with E-state index in [0.29, 0.717) is 6.61 Å². The molecule has 0 radical (unpaired) electrons. The van der Waals surface area contributed by atoms with Gasteiger partial charge in [-0.15, -0.1) is 0 Å². The van der Waals surface area contributed by atoms with E-state index in [4.69, 9.17) is 5.11 Å². The third-order valence-electron chi connectivity index (χ3n) is 1.97. The third kappa shape index (κ3) is 11.3. The van der Waals surface area contributed by atoms with Crippen LogP contribution in [0.1, 0.15) is 51.9 Å². The lowest BCUT2D eigenvalue weighted by Gasteiger charge is -2.00. The largest absolute Gasteiger partial charge is 0.505 e. The Bertz CT molecular complexity index is 123. The standard InChI is InChI=1S/C10H20O3/c1-2-3-4-5-6-7-8-9-13-10(11)12/h2-9H2,1H3,(H,11,12). The van der Waals surface area contributed by atoms with Crippen molar-refractivity contribution in [2.45, 2.75) is 51.9 Å². The molecule has 1 N–H and O–H groups in total. The summed E-state index contributed by atoms with van der Waals surface area (Å²) >= 11 is 0. The first-order valence-electron chi connectivity index (χ1n) is 5.13. The molecule has 0 aromatic carbocycles. The van der Waals surface area contributed by atoms with Gasteiger partial charge in [-0.1, -0.05) is 45.4 Å². The van der Waals surface area contributed by atoms with Crippen molar-refractivity contribution < 1.29 is 14.6 Å². The number of hydrogen-bond acceptors (Lipinski definition) is 2. The first-order valence-corrected chi connectivity index (χ1v) is 5.13. The van der Waals surface area contributed by atoms with E-state index in [2.05, 4.69) is 11.7 Å². The Labute approximate surface area is 80.1 Å². The second-order valence-corrected chi connectivity index (χ2v) is 3.24. The normalized spacial score (nSPS) is 9.92. The Morgan fingerprint density at radius 3 is 2.15 bits per heavy atom. The molecule has 0 aliphatic rings. The van der Waals surface area contributed by atoms with Crippen LogP contribution in [0.3, 0.4) is 0 Å². The SMILES string of the molecule is CCCCCCCCCOC(=O)O. The summed E-state index contributed by atoms with van der Waals surface area (Å²) in [5.41, 5.74) is 0. The lowest BCUT2D eigenvalue weighted by Crippen LogP contribution is -2.01. The van der Waals surface area contributed by atoms with E-state index in [1.165, 1.54) is 32.1 Å². The van der Waals surface area contributed by atoms with E-state index in [1.54, 1.807) is 0 Å². The second-order valence-electron chi connectivity index (χ2n) is 3.24. The van der Waals surface area contributed by atoms with Crippen molar-refractivity contribution in [3.05, 3.63) is 0 Å².